The van der Waals surface area contributed by atoms with E-state index in [0.717, 1.165) is 34.4 Å². The van der Waals surface area contributed by atoms with Gasteiger partial charge in [0.15, 0.2) is 22.5 Å². The number of thioether (sulfide) groups is 1. The predicted octanol–water partition coefficient (Wildman–Crippen LogP) is 4.35. The quantitative estimate of drug-likeness (QED) is 0.427. The third kappa shape index (κ3) is 4.23. The van der Waals surface area contributed by atoms with Crippen molar-refractivity contribution in [2.45, 2.75) is 18.0 Å². The number of unbranched alkanes of at least 4 members (excludes halogenated alkanes) is 1. The van der Waals surface area contributed by atoms with E-state index in [-0.39, 0.29) is 0 Å². The van der Waals surface area contributed by atoms with Crippen molar-refractivity contribution in [2.24, 2.45) is 0 Å². The molecule has 0 N–H and O–H groups in total. The highest BCUT2D eigenvalue weighted by atomic mass is 32.2. The van der Waals surface area contributed by atoms with E-state index in [1.54, 1.807) is 26.0 Å². The number of ether oxygens (including phenoxy) is 2. The monoisotopic (exact) mass is 380 g/mol. The summed E-state index contributed by atoms with van der Waals surface area (Å²) in [5, 5.41) is 18.3. The van der Waals surface area contributed by atoms with Crippen LogP contribution in [0.1, 0.15) is 12.8 Å². The van der Waals surface area contributed by atoms with Crippen molar-refractivity contribution in [1.29, 1.82) is 5.26 Å². The van der Waals surface area contributed by atoms with Crippen LogP contribution in [0.2, 0.25) is 0 Å². The Kier molecular flexibility index (Phi) is 6.34. The summed E-state index contributed by atoms with van der Waals surface area (Å²) in [5.74, 6) is 2.86. The van der Waals surface area contributed by atoms with E-state index in [0.29, 0.717) is 17.9 Å². The van der Waals surface area contributed by atoms with Crippen molar-refractivity contribution in [3.8, 4) is 34.6 Å². The smallest absolute Gasteiger partial charge is 0.196 e. The summed E-state index contributed by atoms with van der Waals surface area (Å²) in [7, 11) is 3.23. The summed E-state index contributed by atoms with van der Waals surface area (Å²) >= 11 is 1.59. The van der Waals surface area contributed by atoms with Gasteiger partial charge < -0.3 is 9.47 Å². The fourth-order valence-corrected chi connectivity index (χ4v) is 3.54. The number of rotatable bonds is 8. The number of hydrogen-bond acceptors (Lipinski definition) is 6. The maximum Gasteiger partial charge on any atom is 0.196 e. The van der Waals surface area contributed by atoms with E-state index < -0.39 is 0 Å². The van der Waals surface area contributed by atoms with Crippen LogP contribution in [0.5, 0.6) is 11.5 Å². The van der Waals surface area contributed by atoms with Gasteiger partial charge in [-0.25, -0.2) is 0 Å². The summed E-state index contributed by atoms with van der Waals surface area (Å²) in [6.07, 6.45) is 1.34. The Hall–Kier alpha value is -2.98. The van der Waals surface area contributed by atoms with Crippen LogP contribution in [0.25, 0.3) is 17.1 Å². The molecule has 0 saturated heterocycles. The summed E-state index contributed by atoms with van der Waals surface area (Å²) in [6.45, 7) is 0. The predicted molar refractivity (Wildman–Crippen MR) is 105 cm³/mol. The number of nitrogens with zero attached hydrogens (tertiary/aromatic N) is 4. The summed E-state index contributed by atoms with van der Waals surface area (Å²) < 4.78 is 12.8. The first-order valence-electron chi connectivity index (χ1n) is 8.51. The molecule has 3 rings (SSSR count). The van der Waals surface area contributed by atoms with Gasteiger partial charge in [-0.15, -0.1) is 10.2 Å². The zero-order valence-electron chi connectivity index (χ0n) is 15.3. The maximum atomic E-state index is 8.74. The van der Waals surface area contributed by atoms with Gasteiger partial charge in [0, 0.05) is 23.8 Å². The van der Waals surface area contributed by atoms with E-state index in [1.807, 2.05) is 53.1 Å². The summed E-state index contributed by atoms with van der Waals surface area (Å²) in [5.41, 5.74) is 1.86. The lowest BCUT2D eigenvalue weighted by molar-refractivity contribution is 0.355. The van der Waals surface area contributed by atoms with Crippen molar-refractivity contribution in [2.75, 3.05) is 20.0 Å². The van der Waals surface area contributed by atoms with Crippen molar-refractivity contribution in [3.63, 3.8) is 0 Å². The molecule has 0 spiro atoms. The largest absolute Gasteiger partial charge is 0.493 e. The van der Waals surface area contributed by atoms with Gasteiger partial charge in [-0.3, -0.25) is 4.57 Å². The van der Waals surface area contributed by atoms with Gasteiger partial charge in [0.1, 0.15) is 0 Å². The minimum Gasteiger partial charge on any atom is -0.493 e. The van der Waals surface area contributed by atoms with Gasteiger partial charge in [-0.2, -0.15) is 5.26 Å². The molecule has 0 amide bonds. The highest BCUT2D eigenvalue weighted by Crippen LogP contribution is 2.33. The average molecular weight is 380 g/mol. The maximum absolute atomic E-state index is 8.74. The van der Waals surface area contributed by atoms with Crippen LogP contribution in [-0.2, 0) is 0 Å². The van der Waals surface area contributed by atoms with Crippen molar-refractivity contribution < 1.29 is 9.47 Å². The Morgan fingerprint density at radius 3 is 2.52 bits per heavy atom. The molecule has 2 aromatic carbocycles. The molecule has 0 unspecified atom stereocenters. The fourth-order valence-electron chi connectivity index (χ4n) is 2.65. The zero-order valence-corrected chi connectivity index (χ0v) is 16.1. The van der Waals surface area contributed by atoms with Crippen LogP contribution in [0, 0.1) is 11.3 Å². The van der Waals surface area contributed by atoms with Crippen molar-refractivity contribution >= 4 is 11.8 Å². The van der Waals surface area contributed by atoms with Crippen LogP contribution < -0.4 is 9.47 Å². The van der Waals surface area contributed by atoms with Gasteiger partial charge in [-0.05, 0) is 18.6 Å². The van der Waals surface area contributed by atoms with Gasteiger partial charge in [0.25, 0.3) is 0 Å². The SMILES string of the molecule is COc1ccc(-n2c(SCCCC#N)nnc2-c2ccccc2)cc1OC. The fraction of sp³-hybridized carbons (Fsp3) is 0.250. The van der Waals surface area contributed by atoms with E-state index in [2.05, 4.69) is 16.3 Å². The Morgan fingerprint density at radius 1 is 1.04 bits per heavy atom. The second-order valence-electron chi connectivity index (χ2n) is 5.66. The first-order chi connectivity index (χ1) is 13.3. The van der Waals surface area contributed by atoms with Crippen LogP contribution >= 0.6 is 11.8 Å². The molecule has 0 aliphatic rings. The zero-order chi connectivity index (χ0) is 19.1. The van der Waals surface area contributed by atoms with Gasteiger partial charge in [0.2, 0.25) is 0 Å². The molecule has 0 bridgehead atoms. The molecular formula is C20H20N4O2S. The molecule has 1 heterocycles. The number of aromatic nitrogens is 3. The first kappa shape index (κ1) is 18.8. The number of hydrogen-bond donors (Lipinski definition) is 0. The highest BCUT2D eigenvalue weighted by Gasteiger charge is 2.17. The Bertz CT molecular complexity index is 935. The lowest BCUT2D eigenvalue weighted by atomic mass is 10.2. The highest BCUT2D eigenvalue weighted by molar-refractivity contribution is 7.99. The third-order valence-corrected chi connectivity index (χ3v) is 4.97. The van der Waals surface area contributed by atoms with E-state index in [9.17, 15) is 0 Å². The second-order valence-corrected chi connectivity index (χ2v) is 6.72. The van der Waals surface area contributed by atoms with Gasteiger partial charge >= 0.3 is 0 Å². The van der Waals surface area contributed by atoms with Gasteiger partial charge in [-0.1, -0.05) is 42.1 Å². The van der Waals surface area contributed by atoms with Crippen LogP contribution in [-0.4, -0.2) is 34.7 Å². The number of methoxy groups -OCH3 is 2. The summed E-state index contributed by atoms with van der Waals surface area (Å²) in [4.78, 5) is 0. The molecule has 3 aromatic rings. The molecule has 1 aromatic heterocycles. The molecule has 6 nitrogen and oxygen atoms in total. The molecule has 138 valence electrons. The number of benzene rings is 2. The standard InChI is InChI=1S/C20H20N4O2S/c1-25-17-11-10-16(14-18(17)26-2)24-19(15-8-4-3-5-9-15)22-23-20(24)27-13-7-6-12-21/h3-5,8-11,14H,6-7,13H2,1-2H3. The van der Waals surface area contributed by atoms with Crippen LogP contribution in [0.15, 0.2) is 53.7 Å². The van der Waals surface area contributed by atoms with E-state index in [1.165, 1.54) is 0 Å². The molecular weight excluding hydrogens is 360 g/mol. The van der Waals surface area contributed by atoms with Crippen LogP contribution in [0.4, 0.5) is 0 Å². The lowest BCUT2D eigenvalue weighted by Crippen LogP contribution is -2.01. The minimum absolute atomic E-state index is 0.531. The van der Waals surface area contributed by atoms with E-state index in [4.69, 9.17) is 14.7 Å². The number of nitriles is 1. The third-order valence-electron chi connectivity index (χ3n) is 3.95. The van der Waals surface area contributed by atoms with Crippen LogP contribution in [0.3, 0.4) is 0 Å². The molecule has 0 aliphatic heterocycles. The minimum atomic E-state index is 0.531. The Balaban J connectivity index is 2.05. The lowest BCUT2D eigenvalue weighted by Gasteiger charge is -2.13. The molecule has 0 radical (unpaired) electrons. The topological polar surface area (TPSA) is 73.0 Å². The Labute approximate surface area is 162 Å². The molecule has 0 aliphatic carbocycles. The molecule has 0 saturated carbocycles. The van der Waals surface area contributed by atoms with Crippen molar-refractivity contribution in [1.82, 2.24) is 14.8 Å². The Morgan fingerprint density at radius 2 is 1.81 bits per heavy atom. The average Bonchev–Trinajstić information content (AvgIpc) is 3.15. The van der Waals surface area contributed by atoms with E-state index >= 15 is 0 Å². The molecule has 7 heteroatoms. The molecule has 0 fully saturated rings. The first-order valence-corrected chi connectivity index (χ1v) is 9.50. The molecule has 27 heavy (non-hydrogen) atoms. The van der Waals surface area contributed by atoms with Crippen molar-refractivity contribution in [3.05, 3.63) is 48.5 Å². The second kappa shape index (κ2) is 9.10. The molecule has 0 atom stereocenters. The van der Waals surface area contributed by atoms with Gasteiger partial charge in [0.05, 0.1) is 26.0 Å². The normalized spacial score (nSPS) is 10.4. The summed E-state index contributed by atoms with van der Waals surface area (Å²) in [6, 6.07) is 17.8.